The fourth-order valence-electron chi connectivity index (χ4n) is 2.66. The van der Waals surface area contributed by atoms with Crippen LogP contribution >= 0.6 is 0 Å². The second kappa shape index (κ2) is 14.8. The number of nitrogens with two attached hydrogens (primary N) is 5. The van der Waals surface area contributed by atoms with Crippen LogP contribution in [0.1, 0.15) is 33.8 Å². The van der Waals surface area contributed by atoms with E-state index >= 15 is 0 Å². The molecule has 16 N–H and O–H groups in total. The summed E-state index contributed by atoms with van der Waals surface area (Å²) in [5.41, 5.74) is 26.7. The van der Waals surface area contributed by atoms with E-state index in [0.29, 0.717) is 13.0 Å². The maximum atomic E-state index is 12.8. The van der Waals surface area contributed by atoms with Crippen LogP contribution in [0, 0.1) is 5.41 Å². The molecule has 0 aliphatic rings. The van der Waals surface area contributed by atoms with Crippen LogP contribution < -0.4 is 55.3 Å². The molecule has 194 valence electrons. The average molecular weight is 496 g/mol. The van der Waals surface area contributed by atoms with Gasteiger partial charge in [-0.15, -0.1) is 0 Å². The van der Waals surface area contributed by atoms with Crippen molar-refractivity contribution < 1.29 is 19.2 Å². The average Bonchev–Trinajstić information content (AvgIpc) is 2.82. The number of hydrogen-bond acceptors (Lipinski definition) is 11. The van der Waals surface area contributed by atoms with Crippen molar-refractivity contribution >= 4 is 41.2 Å². The molecular weight excluding hydrogens is 462 g/mol. The summed E-state index contributed by atoms with van der Waals surface area (Å²) in [6.07, 6.45) is 0.583. The van der Waals surface area contributed by atoms with Crippen LogP contribution in [0.4, 0.5) is 11.6 Å². The maximum absolute atomic E-state index is 12.8. The van der Waals surface area contributed by atoms with Gasteiger partial charge in [0.1, 0.15) is 6.04 Å². The predicted octanol–water partition coefficient (Wildman–Crippen LogP) is -5.12. The highest BCUT2D eigenvalue weighted by Gasteiger charge is 2.25. The molecule has 0 fully saturated rings. The zero-order valence-electron chi connectivity index (χ0n) is 19.1. The molecular formula is C18H33N13O4. The van der Waals surface area contributed by atoms with Crippen LogP contribution in [0.2, 0.25) is 0 Å². The summed E-state index contributed by atoms with van der Waals surface area (Å²) in [4.78, 5) is 56.8. The minimum absolute atomic E-state index is 0.192. The molecule has 35 heavy (non-hydrogen) atoms. The van der Waals surface area contributed by atoms with Gasteiger partial charge in [0.2, 0.25) is 11.8 Å². The summed E-state index contributed by atoms with van der Waals surface area (Å²) in [6.45, 7) is 0.815. The fourth-order valence-corrected chi connectivity index (χ4v) is 2.66. The normalized spacial score (nSPS) is 11.1. The van der Waals surface area contributed by atoms with Crippen LogP contribution in [-0.4, -0.2) is 84.9 Å². The highest BCUT2D eigenvalue weighted by molar-refractivity contribution is 6.02. The number of carbonyl (C=O) groups excluding carboxylic acids is 4. The van der Waals surface area contributed by atoms with Crippen LogP contribution in [0.25, 0.3) is 0 Å². The van der Waals surface area contributed by atoms with Gasteiger partial charge in [-0.05, 0) is 12.8 Å². The van der Waals surface area contributed by atoms with Crippen molar-refractivity contribution in [3.8, 4) is 0 Å². The largest absolute Gasteiger partial charge is 0.382 e. The lowest BCUT2D eigenvalue weighted by Gasteiger charge is -2.19. The van der Waals surface area contributed by atoms with E-state index in [9.17, 15) is 19.2 Å². The third kappa shape index (κ3) is 10.0. The number of carbonyl (C=O) groups is 4. The Labute approximate surface area is 201 Å². The summed E-state index contributed by atoms with van der Waals surface area (Å²) in [5.74, 6) is -3.67. The Morgan fingerprint density at radius 2 is 1.40 bits per heavy atom. The Balaban J connectivity index is 2.91. The molecule has 1 atom stereocenters. The lowest BCUT2D eigenvalue weighted by atomic mass is 10.1. The van der Waals surface area contributed by atoms with Crippen molar-refractivity contribution in [1.82, 2.24) is 36.6 Å². The summed E-state index contributed by atoms with van der Waals surface area (Å²) >= 11 is 0. The standard InChI is InChI=1S/C18H33N13O4/c19-3-6-25-10(32)8-28-16(34)11-13(21)31-12(14(22)30-11)17(35)29-9(15(33)26-7-4-20)2-1-5-27-18(23)24/h9H,1-8,19-20H2,(H2,21,31)(H2,22,30)(H,25,32)(H,26,33)(H,28,34)(H,29,35)(H4,23,24,27)/t9-/m0/s1. The number of guanidine groups is 1. The van der Waals surface area contributed by atoms with Gasteiger partial charge < -0.3 is 55.3 Å². The van der Waals surface area contributed by atoms with Crippen LogP contribution in [0.5, 0.6) is 0 Å². The minimum Gasteiger partial charge on any atom is -0.382 e. The topological polar surface area (TPSA) is 308 Å². The Bertz CT molecular complexity index is 924. The Hall–Kier alpha value is -4.25. The van der Waals surface area contributed by atoms with E-state index in [1.54, 1.807) is 0 Å². The highest BCUT2D eigenvalue weighted by atomic mass is 16.2. The van der Waals surface area contributed by atoms with Crippen molar-refractivity contribution in [2.24, 2.45) is 17.2 Å². The lowest BCUT2D eigenvalue weighted by molar-refractivity contribution is -0.123. The van der Waals surface area contributed by atoms with Gasteiger partial charge in [0.15, 0.2) is 29.0 Å². The van der Waals surface area contributed by atoms with E-state index in [0.717, 1.165) is 0 Å². The van der Waals surface area contributed by atoms with Gasteiger partial charge in [0, 0.05) is 32.7 Å². The third-order valence-electron chi connectivity index (χ3n) is 4.31. The van der Waals surface area contributed by atoms with Crippen molar-refractivity contribution in [2.45, 2.75) is 18.9 Å². The molecule has 0 saturated carbocycles. The van der Waals surface area contributed by atoms with Crippen LogP contribution in [0.3, 0.4) is 0 Å². The molecule has 17 heteroatoms. The zero-order valence-corrected chi connectivity index (χ0v) is 19.1. The Morgan fingerprint density at radius 1 is 0.829 bits per heavy atom. The molecule has 0 unspecified atom stereocenters. The number of aromatic nitrogens is 2. The number of rotatable bonds is 14. The van der Waals surface area contributed by atoms with Crippen molar-refractivity contribution in [1.29, 1.82) is 5.41 Å². The monoisotopic (exact) mass is 495 g/mol. The van der Waals surface area contributed by atoms with Gasteiger partial charge in [-0.2, -0.15) is 0 Å². The zero-order chi connectivity index (χ0) is 26.4. The quantitative estimate of drug-likeness (QED) is 0.0655. The Kier molecular flexibility index (Phi) is 12.2. The SMILES string of the molecule is N=C(N)NCCC[C@H](NC(=O)c1nc(N)c(C(=O)NCC(=O)NCCN)nc1N)C(=O)NCCN. The van der Waals surface area contributed by atoms with Crippen LogP contribution in [0.15, 0.2) is 0 Å². The number of nitrogens with zero attached hydrogens (tertiary/aromatic N) is 2. The highest BCUT2D eigenvalue weighted by Crippen LogP contribution is 2.14. The number of nitrogen functional groups attached to an aromatic ring is 2. The molecule has 0 bridgehead atoms. The van der Waals surface area contributed by atoms with Gasteiger partial charge in [0.05, 0.1) is 6.54 Å². The molecule has 0 aromatic carbocycles. The Morgan fingerprint density at radius 3 is 1.97 bits per heavy atom. The molecule has 1 heterocycles. The first-order chi connectivity index (χ1) is 16.6. The van der Waals surface area contributed by atoms with E-state index in [2.05, 4.69) is 36.6 Å². The van der Waals surface area contributed by atoms with E-state index in [1.165, 1.54) is 0 Å². The summed E-state index contributed by atoms with van der Waals surface area (Å²) in [6, 6.07) is -0.986. The molecule has 0 spiro atoms. The number of hydrogen-bond donors (Lipinski definition) is 11. The first kappa shape index (κ1) is 28.8. The first-order valence-corrected chi connectivity index (χ1v) is 10.6. The van der Waals surface area contributed by atoms with E-state index in [-0.39, 0.29) is 50.8 Å². The molecule has 1 aromatic heterocycles. The molecule has 1 rings (SSSR count). The number of nitrogens with one attached hydrogen (secondary N) is 6. The number of anilines is 2. The summed E-state index contributed by atoms with van der Waals surface area (Å²) in [5, 5.41) is 19.6. The van der Waals surface area contributed by atoms with Gasteiger partial charge in [-0.3, -0.25) is 24.6 Å². The van der Waals surface area contributed by atoms with Gasteiger partial charge in [-0.1, -0.05) is 0 Å². The second-order valence-electron chi connectivity index (χ2n) is 7.10. The lowest BCUT2D eigenvalue weighted by Crippen LogP contribution is -2.48. The molecule has 1 aromatic rings. The van der Waals surface area contributed by atoms with Crippen LogP contribution in [-0.2, 0) is 9.59 Å². The molecule has 17 nitrogen and oxygen atoms in total. The molecule has 0 aliphatic carbocycles. The predicted molar refractivity (Wildman–Crippen MR) is 128 cm³/mol. The smallest absolute Gasteiger partial charge is 0.274 e. The summed E-state index contributed by atoms with van der Waals surface area (Å²) < 4.78 is 0. The third-order valence-corrected chi connectivity index (χ3v) is 4.31. The van der Waals surface area contributed by atoms with E-state index in [1.807, 2.05) is 0 Å². The first-order valence-electron chi connectivity index (χ1n) is 10.6. The van der Waals surface area contributed by atoms with Crippen molar-refractivity contribution in [3.05, 3.63) is 11.4 Å². The van der Waals surface area contributed by atoms with Gasteiger partial charge >= 0.3 is 0 Å². The fraction of sp³-hybridized carbons (Fsp3) is 0.500. The molecule has 0 aliphatic heterocycles. The van der Waals surface area contributed by atoms with E-state index in [4.69, 9.17) is 34.1 Å². The van der Waals surface area contributed by atoms with E-state index < -0.39 is 47.0 Å². The summed E-state index contributed by atoms with van der Waals surface area (Å²) in [7, 11) is 0. The molecule has 4 amide bonds. The van der Waals surface area contributed by atoms with Crippen molar-refractivity contribution in [2.75, 3.05) is 50.7 Å². The van der Waals surface area contributed by atoms with Crippen molar-refractivity contribution in [3.63, 3.8) is 0 Å². The van der Waals surface area contributed by atoms with Gasteiger partial charge in [-0.25, -0.2) is 9.97 Å². The minimum atomic E-state index is -0.986. The van der Waals surface area contributed by atoms with Gasteiger partial charge in [0.25, 0.3) is 11.8 Å². The maximum Gasteiger partial charge on any atom is 0.274 e. The molecule has 0 radical (unpaired) electrons. The second-order valence-corrected chi connectivity index (χ2v) is 7.10. The number of amides is 4. The molecule has 0 saturated heterocycles.